The van der Waals surface area contributed by atoms with E-state index >= 15 is 0 Å². The maximum absolute atomic E-state index is 4.98. The van der Waals surface area contributed by atoms with Crippen molar-refractivity contribution in [1.82, 2.24) is 9.97 Å². The Balaban J connectivity index is 2.12. The highest BCUT2D eigenvalue weighted by Crippen LogP contribution is 2.16. The molecule has 0 radical (unpaired) electrons. The normalized spacial score (nSPS) is 10.3. The predicted molar refractivity (Wildman–Crippen MR) is 63.9 cm³/mol. The van der Waals surface area contributed by atoms with Crippen LogP contribution in [-0.2, 0) is 4.74 Å². The van der Waals surface area contributed by atoms with E-state index in [4.69, 9.17) is 4.74 Å². The van der Waals surface area contributed by atoms with Gasteiger partial charge in [0.1, 0.15) is 12.1 Å². The van der Waals surface area contributed by atoms with Gasteiger partial charge in [0.05, 0.1) is 4.47 Å². The third-order valence-corrected chi connectivity index (χ3v) is 2.57. The molecule has 1 rings (SSSR count). The summed E-state index contributed by atoms with van der Waals surface area (Å²) in [7, 11) is 1.73. The highest BCUT2D eigenvalue weighted by Gasteiger charge is 1.98. The minimum absolute atomic E-state index is 0.844. The first-order valence-electron chi connectivity index (χ1n) is 5.03. The van der Waals surface area contributed by atoms with Crippen LogP contribution in [0.2, 0.25) is 0 Å². The number of hydrogen-bond donors (Lipinski definition) is 1. The van der Waals surface area contributed by atoms with Crippen molar-refractivity contribution in [2.75, 3.05) is 25.6 Å². The molecule has 1 N–H and O–H groups in total. The second kappa shape index (κ2) is 7.59. The van der Waals surface area contributed by atoms with E-state index in [0.717, 1.165) is 36.3 Å². The Morgan fingerprint density at radius 3 is 3.00 bits per heavy atom. The largest absolute Gasteiger partial charge is 0.385 e. The van der Waals surface area contributed by atoms with Crippen LogP contribution in [0.1, 0.15) is 19.3 Å². The van der Waals surface area contributed by atoms with Crippen LogP contribution in [0, 0.1) is 0 Å². The predicted octanol–water partition coefficient (Wildman–Crippen LogP) is 2.47. The average molecular weight is 274 g/mol. The van der Waals surface area contributed by atoms with Crippen molar-refractivity contribution < 1.29 is 4.74 Å². The Morgan fingerprint density at radius 2 is 2.27 bits per heavy atom. The first-order valence-corrected chi connectivity index (χ1v) is 5.82. The summed E-state index contributed by atoms with van der Waals surface area (Å²) in [4.78, 5) is 8.02. The molecule has 5 heteroatoms. The van der Waals surface area contributed by atoms with Crippen molar-refractivity contribution in [1.29, 1.82) is 0 Å². The molecule has 84 valence electrons. The summed E-state index contributed by atoms with van der Waals surface area (Å²) in [6, 6.07) is 0. The number of aromatic nitrogens is 2. The van der Waals surface area contributed by atoms with Crippen LogP contribution < -0.4 is 5.32 Å². The Hall–Kier alpha value is -0.680. The van der Waals surface area contributed by atoms with Crippen LogP contribution in [0.3, 0.4) is 0 Å². The molecule has 0 aliphatic heterocycles. The van der Waals surface area contributed by atoms with Gasteiger partial charge < -0.3 is 10.1 Å². The van der Waals surface area contributed by atoms with Crippen molar-refractivity contribution in [3.05, 3.63) is 17.0 Å². The van der Waals surface area contributed by atoms with Gasteiger partial charge in [-0.05, 0) is 35.2 Å². The minimum atomic E-state index is 0.844. The van der Waals surface area contributed by atoms with Crippen LogP contribution >= 0.6 is 15.9 Å². The first-order chi connectivity index (χ1) is 7.34. The van der Waals surface area contributed by atoms with Gasteiger partial charge in [-0.2, -0.15) is 0 Å². The Kier molecular flexibility index (Phi) is 6.27. The Bertz CT molecular complexity index is 283. The molecule has 15 heavy (non-hydrogen) atoms. The molecule has 0 amide bonds. The summed E-state index contributed by atoms with van der Waals surface area (Å²) in [5.74, 6) is 0.858. The van der Waals surface area contributed by atoms with E-state index in [1.807, 2.05) is 0 Å². The topological polar surface area (TPSA) is 47.0 Å². The molecule has 0 aliphatic carbocycles. The molecule has 0 fully saturated rings. The fourth-order valence-corrected chi connectivity index (χ4v) is 1.56. The van der Waals surface area contributed by atoms with E-state index in [2.05, 4.69) is 31.2 Å². The van der Waals surface area contributed by atoms with Gasteiger partial charge in [-0.3, -0.25) is 0 Å². The maximum atomic E-state index is 4.98. The first kappa shape index (κ1) is 12.4. The molecule has 1 aromatic heterocycles. The van der Waals surface area contributed by atoms with Crippen LogP contribution in [0.4, 0.5) is 5.82 Å². The molecule has 0 bridgehead atoms. The molecule has 1 heterocycles. The van der Waals surface area contributed by atoms with Gasteiger partial charge in [0.25, 0.3) is 0 Å². The number of nitrogens with one attached hydrogen (secondary N) is 1. The summed E-state index contributed by atoms with van der Waals surface area (Å²) in [6.07, 6.45) is 6.69. The number of anilines is 1. The number of ether oxygens (including phenoxy) is 1. The number of nitrogens with zero attached hydrogens (tertiary/aromatic N) is 2. The van der Waals surface area contributed by atoms with Crippen LogP contribution in [0.25, 0.3) is 0 Å². The summed E-state index contributed by atoms with van der Waals surface area (Å²) in [5, 5.41) is 3.25. The van der Waals surface area contributed by atoms with Gasteiger partial charge in [-0.1, -0.05) is 0 Å². The Morgan fingerprint density at radius 1 is 1.40 bits per heavy atom. The molecular weight excluding hydrogens is 258 g/mol. The van der Waals surface area contributed by atoms with Crippen molar-refractivity contribution >= 4 is 21.7 Å². The van der Waals surface area contributed by atoms with Gasteiger partial charge in [0.15, 0.2) is 0 Å². The lowest BCUT2D eigenvalue weighted by Gasteiger charge is -2.06. The van der Waals surface area contributed by atoms with Gasteiger partial charge in [0, 0.05) is 26.5 Å². The minimum Gasteiger partial charge on any atom is -0.385 e. The van der Waals surface area contributed by atoms with Gasteiger partial charge in [0.2, 0.25) is 0 Å². The quantitative estimate of drug-likeness (QED) is 0.776. The number of halogens is 1. The number of unbranched alkanes of at least 4 members (excludes halogenated alkanes) is 2. The molecule has 0 aliphatic rings. The number of methoxy groups -OCH3 is 1. The summed E-state index contributed by atoms with van der Waals surface area (Å²) in [6.45, 7) is 1.77. The van der Waals surface area contributed by atoms with E-state index in [0.29, 0.717) is 0 Å². The zero-order valence-corrected chi connectivity index (χ0v) is 10.5. The highest BCUT2D eigenvalue weighted by atomic mass is 79.9. The fourth-order valence-electron chi connectivity index (χ4n) is 1.20. The van der Waals surface area contributed by atoms with Crippen LogP contribution in [0.5, 0.6) is 0 Å². The molecule has 0 spiro atoms. The molecule has 0 saturated carbocycles. The summed E-state index contributed by atoms with van der Waals surface area (Å²) >= 11 is 3.38. The zero-order chi connectivity index (χ0) is 10.9. The van der Waals surface area contributed by atoms with E-state index in [1.165, 1.54) is 12.7 Å². The lowest BCUT2D eigenvalue weighted by molar-refractivity contribution is 0.192. The number of rotatable bonds is 7. The Labute approximate surface area is 98.6 Å². The van der Waals surface area contributed by atoms with Crippen LogP contribution in [-0.4, -0.2) is 30.2 Å². The molecule has 0 unspecified atom stereocenters. The van der Waals surface area contributed by atoms with E-state index < -0.39 is 0 Å². The molecule has 0 aromatic carbocycles. The van der Waals surface area contributed by atoms with Gasteiger partial charge in [-0.15, -0.1) is 0 Å². The van der Waals surface area contributed by atoms with E-state index in [-0.39, 0.29) is 0 Å². The lowest BCUT2D eigenvalue weighted by atomic mass is 10.2. The second-order valence-corrected chi connectivity index (χ2v) is 4.05. The monoisotopic (exact) mass is 273 g/mol. The van der Waals surface area contributed by atoms with E-state index in [1.54, 1.807) is 13.3 Å². The maximum Gasteiger partial charge on any atom is 0.143 e. The lowest BCUT2D eigenvalue weighted by Crippen LogP contribution is -2.04. The third-order valence-electron chi connectivity index (χ3n) is 1.99. The van der Waals surface area contributed by atoms with Crippen molar-refractivity contribution in [3.63, 3.8) is 0 Å². The van der Waals surface area contributed by atoms with Crippen molar-refractivity contribution in [2.24, 2.45) is 0 Å². The number of hydrogen-bond acceptors (Lipinski definition) is 4. The highest BCUT2D eigenvalue weighted by molar-refractivity contribution is 9.10. The van der Waals surface area contributed by atoms with Crippen molar-refractivity contribution in [3.8, 4) is 0 Å². The smallest absolute Gasteiger partial charge is 0.143 e. The summed E-state index contributed by atoms with van der Waals surface area (Å²) in [5.41, 5.74) is 0. The SMILES string of the molecule is COCCCCCNc1ncncc1Br. The average Bonchev–Trinajstić information content (AvgIpc) is 2.25. The molecule has 0 atom stereocenters. The molecule has 1 aromatic rings. The fraction of sp³-hybridized carbons (Fsp3) is 0.600. The standard InChI is InChI=1S/C10H16BrN3O/c1-15-6-4-2-3-5-13-10-9(11)7-12-8-14-10/h7-8H,2-6H2,1H3,(H,12,13,14). The van der Waals surface area contributed by atoms with Gasteiger partial charge in [-0.25, -0.2) is 9.97 Å². The summed E-state index contributed by atoms with van der Waals surface area (Å²) < 4.78 is 5.88. The third kappa shape index (κ3) is 5.09. The molecule has 4 nitrogen and oxygen atoms in total. The second-order valence-electron chi connectivity index (χ2n) is 3.20. The molecule has 0 saturated heterocycles. The van der Waals surface area contributed by atoms with E-state index in [9.17, 15) is 0 Å². The molecular formula is C10H16BrN3O. The van der Waals surface area contributed by atoms with Crippen LogP contribution in [0.15, 0.2) is 17.0 Å². The van der Waals surface area contributed by atoms with Crippen molar-refractivity contribution in [2.45, 2.75) is 19.3 Å². The zero-order valence-electron chi connectivity index (χ0n) is 8.87. The van der Waals surface area contributed by atoms with Gasteiger partial charge >= 0.3 is 0 Å².